The van der Waals surface area contributed by atoms with E-state index in [1.807, 2.05) is 12.1 Å². The number of hydrogen-bond donors (Lipinski definition) is 1. The number of anilines is 2. The Bertz CT molecular complexity index is 780. The van der Waals surface area contributed by atoms with Gasteiger partial charge in [0.25, 0.3) is 11.1 Å². The lowest BCUT2D eigenvalue weighted by atomic mass is 10.2. The molecular weight excluding hydrogens is 355 g/mol. The van der Waals surface area contributed by atoms with Crippen molar-refractivity contribution in [2.24, 2.45) is 0 Å². The van der Waals surface area contributed by atoms with E-state index in [9.17, 15) is 14.0 Å². The minimum absolute atomic E-state index is 0.359. The number of nitrogens with zero attached hydrogens (tertiary/aromatic N) is 1. The highest BCUT2D eigenvalue weighted by molar-refractivity contribution is 8.16. The molecule has 1 aliphatic rings. The highest BCUT2D eigenvalue weighted by Gasteiger charge is 2.40. The summed E-state index contributed by atoms with van der Waals surface area (Å²) in [5.74, 6) is -0.0373. The van der Waals surface area contributed by atoms with Gasteiger partial charge in [0.15, 0.2) is 5.37 Å². The first-order valence-corrected chi connectivity index (χ1v) is 9.26. The van der Waals surface area contributed by atoms with Crippen molar-refractivity contribution < 1.29 is 18.7 Å². The van der Waals surface area contributed by atoms with Crippen molar-refractivity contribution in [2.45, 2.75) is 25.1 Å². The number of thioether (sulfide) groups is 1. The van der Waals surface area contributed by atoms with E-state index in [0.29, 0.717) is 18.0 Å². The smallest absolute Gasteiger partial charge is 0.295 e. The average Bonchev–Trinajstić information content (AvgIpc) is 2.91. The quantitative estimate of drug-likeness (QED) is 0.716. The molecule has 2 aromatic carbocycles. The van der Waals surface area contributed by atoms with Gasteiger partial charge in [0.1, 0.15) is 11.6 Å². The monoisotopic (exact) mass is 374 g/mol. The van der Waals surface area contributed by atoms with Crippen LogP contribution in [0, 0.1) is 5.82 Å². The lowest BCUT2D eigenvalue weighted by molar-refractivity contribution is -0.116. The van der Waals surface area contributed by atoms with Crippen LogP contribution in [-0.4, -0.2) is 23.1 Å². The van der Waals surface area contributed by atoms with Gasteiger partial charge in [-0.15, -0.1) is 0 Å². The SMILES string of the molecule is CCCCOc1ccc(NC2SC(=O)N(c3ccc(F)cc3)C2=O)cc1. The lowest BCUT2D eigenvalue weighted by Crippen LogP contribution is -2.34. The molecule has 1 fully saturated rings. The molecule has 2 aromatic rings. The summed E-state index contributed by atoms with van der Waals surface area (Å²) in [6.45, 7) is 2.77. The average molecular weight is 374 g/mol. The maximum atomic E-state index is 13.0. The highest BCUT2D eigenvalue weighted by Crippen LogP contribution is 2.32. The molecule has 1 heterocycles. The first-order valence-electron chi connectivity index (χ1n) is 8.38. The fourth-order valence-electron chi connectivity index (χ4n) is 2.46. The Hall–Kier alpha value is -2.54. The molecule has 0 aliphatic carbocycles. The van der Waals surface area contributed by atoms with Gasteiger partial charge in [0.2, 0.25) is 0 Å². The van der Waals surface area contributed by atoms with E-state index in [4.69, 9.17) is 4.74 Å². The van der Waals surface area contributed by atoms with Crippen LogP contribution in [0.25, 0.3) is 0 Å². The number of benzene rings is 2. The second kappa shape index (κ2) is 8.23. The van der Waals surface area contributed by atoms with E-state index < -0.39 is 16.4 Å². The van der Waals surface area contributed by atoms with Crippen LogP contribution in [0.3, 0.4) is 0 Å². The maximum Gasteiger partial charge on any atom is 0.295 e. The molecule has 1 N–H and O–H groups in total. The van der Waals surface area contributed by atoms with Crippen LogP contribution in [0.15, 0.2) is 48.5 Å². The third kappa shape index (κ3) is 4.16. The van der Waals surface area contributed by atoms with Crippen molar-refractivity contribution in [3.8, 4) is 5.75 Å². The van der Waals surface area contributed by atoms with E-state index in [1.165, 1.54) is 24.3 Å². The Balaban J connectivity index is 1.64. The minimum Gasteiger partial charge on any atom is -0.494 e. The Morgan fingerprint density at radius 2 is 1.81 bits per heavy atom. The summed E-state index contributed by atoms with van der Waals surface area (Å²) >= 11 is 0.898. The molecule has 0 bridgehead atoms. The Morgan fingerprint density at radius 1 is 1.12 bits per heavy atom. The largest absolute Gasteiger partial charge is 0.494 e. The van der Waals surface area contributed by atoms with Crippen LogP contribution in [0.5, 0.6) is 5.75 Å². The number of halogens is 1. The zero-order valence-electron chi connectivity index (χ0n) is 14.3. The van der Waals surface area contributed by atoms with E-state index in [2.05, 4.69) is 12.2 Å². The first-order chi connectivity index (χ1) is 12.6. The minimum atomic E-state index is -0.723. The molecule has 1 atom stereocenters. The summed E-state index contributed by atoms with van der Waals surface area (Å²) in [5.41, 5.74) is 1.07. The highest BCUT2D eigenvalue weighted by atomic mass is 32.2. The Labute approximate surface area is 155 Å². The third-order valence-corrected chi connectivity index (χ3v) is 4.79. The molecular formula is C19H19FN2O3S. The number of rotatable bonds is 7. The molecule has 2 amide bonds. The van der Waals surface area contributed by atoms with Gasteiger partial charge in [0.05, 0.1) is 12.3 Å². The van der Waals surface area contributed by atoms with Crippen molar-refractivity contribution in [3.05, 3.63) is 54.3 Å². The second-order valence-electron chi connectivity index (χ2n) is 5.78. The maximum absolute atomic E-state index is 13.0. The summed E-state index contributed by atoms with van der Waals surface area (Å²) < 4.78 is 18.6. The standard InChI is InChI=1S/C19H19FN2O3S/c1-2-3-12-25-16-10-6-14(7-11-16)21-17-18(23)22(19(24)26-17)15-8-4-13(20)5-9-15/h4-11,17,21H,2-3,12H2,1H3. The van der Waals surface area contributed by atoms with Crippen molar-refractivity contribution >= 4 is 34.3 Å². The van der Waals surface area contributed by atoms with Gasteiger partial charge < -0.3 is 10.1 Å². The molecule has 3 rings (SSSR count). The van der Waals surface area contributed by atoms with Gasteiger partial charge in [-0.25, -0.2) is 9.29 Å². The van der Waals surface area contributed by atoms with Gasteiger partial charge in [-0.3, -0.25) is 9.59 Å². The van der Waals surface area contributed by atoms with Crippen molar-refractivity contribution in [2.75, 3.05) is 16.8 Å². The third-order valence-electron chi connectivity index (χ3n) is 3.85. The summed E-state index contributed by atoms with van der Waals surface area (Å²) in [4.78, 5) is 25.8. The predicted molar refractivity (Wildman–Crippen MR) is 101 cm³/mol. The molecule has 1 aliphatic heterocycles. The predicted octanol–water partition coefficient (Wildman–Crippen LogP) is 4.64. The molecule has 5 nitrogen and oxygen atoms in total. The van der Waals surface area contributed by atoms with E-state index in [1.54, 1.807) is 12.1 Å². The zero-order chi connectivity index (χ0) is 18.5. The molecule has 0 aromatic heterocycles. The van der Waals surface area contributed by atoms with Crippen molar-refractivity contribution in [1.82, 2.24) is 0 Å². The van der Waals surface area contributed by atoms with Gasteiger partial charge in [0, 0.05) is 5.69 Å². The number of carbonyl (C=O) groups excluding carboxylic acids is 2. The number of ether oxygens (including phenoxy) is 1. The molecule has 0 radical (unpaired) electrons. The molecule has 26 heavy (non-hydrogen) atoms. The number of amides is 2. The topological polar surface area (TPSA) is 58.6 Å². The molecule has 7 heteroatoms. The Morgan fingerprint density at radius 3 is 2.46 bits per heavy atom. The van der Waals surface area contributed by atoms with E-state index in [0.717, 1.165) is 35.3 Å². The molecule has 0 saturated carbocycles. The summed E-state index contributed by atoms with van der Waals surface area (Å²) in [6, 6.07) is 12.5. The molecule has 1 unspecified atom stereocenters. The van der Waals surface area contributed by atoms with Crippen LogP contribution in [0.2, 0.25) is 0 Å². The van der Waals surface area contributed by atoms with Crippen LogP contribution in [0.4, 0.5) is 20.6 Å². The number of carbonyl (C=O) groups is 2. The van der Waals surface area contributed by atoms with Crippen LogP contribution in [0.1, 0.15) is 19.8 Å². The van der Waals surface area contributed by atoms with Crippen LogP contribution in [-0.2, 0) is 4.79 Å². The summed E-state index contributed by atoms with van der Waals surface area (Å²) in [7, 11) is 0. The lowest BCUT2D eigenvalue weighted by Gasteiger charge is -2.15. The van der Waals surface area contributed by atoms with Crippen molar-refractivity contribution in [3.63, 3.8) is 0 Å². The normalized spacial score (nSPS) is 16.8. The fourth-order valence-corrected chi connectivity index (χ4v) is 3.36. The number of imide groups is 1. The van der Waals surface area contributed by atoms with Crippen LogP contribution < -0.4 is 15.0 Å². The van der Waals surface area contributed by atoms with Gasteiger partial charge in [-0.05, 0) is 66.7 Å². The van der Waals surface area contributed by atoms with Gasteiger partial charge in [-0.2, -0.15) is 0 Å². The molecule has 1 saturated heterocycles. The number of nitrogens with one attached hydrogen (secondary N) is 1. The summed E-state index contributed by atoms with van der Waals surface area (Å²) in [5, 5.41) is 1.94. The fraction of sp³-hybridized carbons (Fsp3) is 0.263. The second-order valence-corrected chi connectivity index (χ2v) is 6.84. The first kappa shape index (κ1) is 18.3. The van der Waals surface area contributed by atoms with Gasteiger partial charge >= 0.3 is 0 Å². The number of hydrogen-bond acceptors (Lipinski definition) is 5. The zero-order valence-corrected chi connectivity index (χ0v) is 15.1. The van der Waals surface area contributed by atoms with Crippen molar-refractivity contribution in [1.29, 1.82) is 0 Å². The molecule has 136 valence electrons. The van der Waals surface area contributed by atoms with E-state index in [-0.39, 0.29) is 5.91 Å². The van der Waals surface area contributed by atoms with Gasteiger partial charge in [-0.1, -0.05) is 13.3 Å². The Kier molecular flexibility index (Phi) is 5.78. The summed E-state index contributed by atoms with van der Waals surface area (Å²) in [6.07, 6.45) is 2.06. The van der Waals surface area contributed by atoms with E-state index >= 15 is 0 Å². The number of unbranched alkanes of at least 4 members (excludes halogenated alkanes) is 1. The molecule has 0 spiro atoms. The van der Waals surface area contributed by atoms with Crippen LogP contribution >= 0.6 is 11.8 Å².